The van der Waals surface area contributed by atoms with Gasteiger partial charge in [0.2, 0.25) is 0 Å². The van der Waals surface area contributed by atoms with Gasteiger partial charge in [0.15, 0.2) is 6.61 Å². The van der Waals surface area contributed by atoms with Crippen LogP contribution in [-0.4, -0.2) is 37.1 Å². The zero-order valence-electron chi connectivity index (χ0n) is 10.8. The first-order chi connectivity index (χ1) is 9.24. The molecule has 2 aliphatic heterocycles. The van der Waals surface area contributed by atoms with Gasteiger partial charge in [-0.15, -0.1) is 0 Å². The van der Waals surface area contributed by atoms with E-state index in [9.17, 15) is 4.79 Å². The number of nitrogens with zero attached hydrogens (tertiary/aromatic N) is 1. The highest BCUT2D eigenvalue weighted by Crippen LogP contribution is 2.33. The van der Waals surface area contributed by atoms with E-state index in [2.05, 4.69) is 0 Å². The number of rotatable bonds is 3. The molecule has 2 aliphatic rings. The van der Waals surface area contributed by atoms with E-state index in [4.69, 9.17) is 15.2 Å². The van der Waals surface area contributed by atoms with Crippen LogP contribution < -0.4 is 15.2 Å². The molecule has 1 amide bonds. The summed E-state index contributed by atoms with van der Waals surface area (Å²) in [5, 5.41) is 0. The lowest BCUT2D eigenvalue weighted by Gasteiger charge is -2.15. The van der Waals surface area contributed by atoms with Crippen molar-refractivity contribution in [3.63, 3.8) is 0 Å². The molecule has 102 valence electrons. The molecule has 0 aliphatic carbocycles. The molecule has 0 spiro atoms. The van der Waals surface area contributed by atoms with Crippen molar-refractivity contribution in [3.8, 4) is 11.5 Å². The number of nitrogens with two attached hydrogens (primary N) is 1. The fourth-order valence-electron chi connectivity index (χ4n) is 2.51. The molecule has 0 saturated carbocycles. The Morgan fingerprint density at radius 3 is 3.00 bits per heavy atom. The molecule has 3 rings (SSSR count). The third-order valence-electron chi connectivity index (χ3n) is 3.62. The monoisotopic (exact) mass is 262 g/mol. The van der Waals surface area contributed by atoms with Gasteiger partial charge in [0, 0.05) is 24.7 Å². The molecule has 1 aromatic carbocycles. The Morgan fingerprint density at radius 2 is 2.21 bits per heavy atom. The molecular weight excluding hydrogens is 244 g/mol. The molecule has 1 unspecified atom stereocenters. The van der Waals surface area contributed by atoms with Gasteiger partial charge >= 0.3 is 0 Å². The number of amides is 1. The van der Waals surface area contributed by atoms with Crippen LogP contribution in [0.15, 0.2) is 18.2 Å². The zero-order chi connectivity index (χ0) is 13.2. The van der Waals surface area contributed by atoms with Crippen LogP contribution in [0.2, 0.25) is 0 Å². The molecule has 1 saturated heterocycles. The molecule has 1 fully saturated rings. The molecule has 5 heteroatoms. The van der Waals surface area contributed by atoms with Crippen molar-refractivity contribution in [3.05, 3.63) is 23.8 Å². The van der Waals surface area contributed by atoms with Gasteiger partial charge in [0.1, 0.15) is 18.1 Å². The number of carbonyl (C=O) groups excluding carboxylic acids is 1. The number of likely N-dealkylation sites (tertiary alicyclic amines) is 1. The summed E-state index contributed by atoms with van der Waals surface area (Å²) in [7, 11) is 0. The Kier molecular flexibility index (Phi) is 3.29. The van der Waals surface area contributed by atoms with E-state index < -0.39 is 0 Å². The highest BCUT2D eigenvalue weighted by atomic mass is 16.5. The van der Waals surface area contributed by atoms with Gasteiger partial charge in [0.25, 0.3) is 5.91 Å². The largest absolute Gasteiger partial charge is 0.491 e. The maximum atomic E-state index is 11.9. The van der Waals surface area contributed by atoms with Crippen molar-refractivity contribution < 1.29 is 14.3 Å². The van der Waals surface area contributed by atoms with Crippen LogP contribution in [0, 0.1) is 0 Å². The first-order valence-corrected chi connectivity index (χ1v) is 6.67. The first kappa shape index (κ1) is 12.3. The molecule has 1 aromatic rings. The van der Waals surface area contributed by atoms with Gasteiger partial charge in [-0.05, 0) is 25.0 Å². The predicted octanol–water partition coefficient (Wildman–Crippen LogP) is 1.08. The van der Waals surface area contributed by atoms with E-state index >= 15 is 0 Å². The summed E-state index contributed by atoms with van der Waals surface area (Å²) in [6, 6.07) is 5.49. The molecule has 19 heavy (non-hydrogen) atoms. The Balaban J connectivity index is 1.60. The summed E-state index contributed by atoms with van der Waals surface area (Å²) in [6.45, 7) is 2.30. The van der Waals surface area contributed by atoms with Crippen molar-refractivity contribution in [2.75, 3.05) is 26.3 Å². The highest BCUT2D eigenvalue weighted by molar-refractivity contribution is 5.78. The average molecular weight is 262 g/mol. The van der Waals surface area contributed by atoms with Crippen LogP contribution >= 0.6 is 0 Å². The van der Waals surface area contributed by atoms with Crippen LogP contribution in [0.4, 0.5) is 0 Å². The normalized spacial score (nSPS) is 21.1. The van der Waals surface area contributed by atoms with Crippen molar-refractivity contribution in [1.29, 1.82) is 0 Å². The predicted molar refractivity (Wildman–Crippen MR) is 70.2 cm³/mol. The minimum absolute atomic E-state index is 0.0515. The van der Waals surface area contributed by atoms with E-state index in [0.717, 1.165) is 37.2 Å². The SMILES string of the molecule is NC1COc2cc(OCC(=O)N3CCCC3)ccc21. The van der Waals surface area contributed by atoms with Crippen molar-refractivity contribution in [1.82, 2.24) is 4.90 Å². The second-order valence-corrected chi connectivity index (χ2v) is 4.99. The van der Waals surface area contributed by atoms with Crippen LogP contribution in [0.3, 0.4) is 0 Å². The Hall–Kier alpha value is -1.75. The fourth-order valence-corrected chi connectivity index (χ4v) is 2.51. The molecule has 0 radical (unpaired) electrons. The maximum Gasteiger partial charge on any atom is 0.260 e. The lowest BCUT2D eigenvalue weighted by Crippen LogP contribution is -2.32. The van der Waals surface area contributed by atoms with Crippen LogP contribution in [0.1, 0.15) is 24.4 Å². The lowest BCUT2D eigenvalue weighted by atomic mass is 10.1. The molecule has 0 bridgehead atoms. The first-order valence-electron chi connectivity index (χ1n) is 6.67. The maximum absolute atomic E-state index is 11.9. The van der Waals surface area contributed by atoms with E-state index in [1.54, 1.807) is 6.07 Å². The number of hydrogen-bond donors (Lipinski definition) is 1. The molecule has 1 atom stereocenters. The average Bonchev–Trinajstić information content (AvgIpc) is 3.06. The van der Waals surface area contributed by atoms with Gasteiger partial charge in [-0.25, -0.2) is 0 Å². The third-order valence-corrected chi connectivity index (χ3v) is 3.62. The summed E-state index contributed by atoms with van der Waals surface area (Å²) in [4.78, 5) is 13.7. The Morgan fingerprint density at radius 1 is 1.42 bits per heavy atom. The molecule has 5 nitrogen and oxygen atoms in total. The second kappa shape index (κ2) is 5.09. The fraction of sp³-hybridized carbons (Fsp3) is 0.500. The molecule has 2 N–H and O–H groups in total. The van der Waals surface area contributed by atoms with E-state index in [0.29, 0.717) is 12.4 Å². The Labute approximate surface area is 112 Å². The zero-order valence-corrected chi connectivity index (χ0v) is 10.8. The Bertz CT molecular complexity index is 484. The van der Waals surface area contributed by atoms with Crippen molar-refractivity contribution in [2.24, 2.45) is 5.73 Å². The third kappa shape index (κ3) is 2.51. The van der Waals surface area contributed by atoms with E-state index in [-0.39, 0.29) is 18.6 Å². The second-order valence-electron chi connectivity index (χ2n) is 4.99. The minimum Gasteiger partial charge on any atom is -0.491 e. The highest BCUT2D eigenvalue weighted by Gasteiger charge is 2.22. The van der Waals surface area contributed by atoms with Gasteiger partial charge in [-0.3, -0.25) is 4.79 Å². The quantitative estimate of drug-likeness (QED) is 0.885. The van der Waals surface area contributed by atoms with Crippen LogP contribution in [-0.2, 0) is 4.79 Å². The summed E-state index contributed by atoms with van der Waals surface area (Å²) < 4.78 is 11.0. The van der Waals surface area contributed by atoms with Crippen LogP contribution in [0.25, 0.3) is 0 Å². The van der Waals surface area contributed by atoms with E-state index in [1.807, 2.05) is 17.0 Å². The molecule has 2 heterocycles. The number of benzene rings is 1. The summed E-state index contributed by atoms with van der Waals surface area (Å²) in [5.41, 5.74) is 6.87. The minimum atomic E-state index is -0.0599. The van der Waals surface area contributed by atoms with Crippen molar-refractivity contribution in [2.45, 2.75) is 18.9 Å². The van der Waals surface area contributed by atoms with Crippen molar-refractivity contribution >= 4 is 5.91 Å². The number of hydrogen-bond acceptors (Lipinski definition) is 4. The standard InChI is InChI=1S/C14H18N2O3/c15-12-8-19-13-7-10(3-4-11(12)13)18-9-14(17)16-5-1-2-6-16/h3-4,7,12H,1-2,5-6,8-9,15H2. The number of carbonyl (C=O) groups is 1. The topological polar surface area (TPSA) is 64.8 Å². The van der Waals surface area contributed by atoms with Gasteiger partial charge < -0.3 is 20.1 Å². The summed E-state index contributed by atoms with van der Waals surface area (Å²) >= 11 is 0. The summed E-state index contributed by atoms with van der Waals surface area (Å²) in [5.74, 6) is 1.47. The molecule has 0 aromatic heterocycles. The number of fused-ring (bicyclic) bond motifs is 1. The van der Waals surface area contributed by atoms with Gasteiger partial charge in [-0.2, -0.15) is 0 Å². The molecular formula is C14H18N2O3. The number of ether oxygens (including phenoxy) is 2. The lowest BCUT2D eigenvalue weighted by molar-refractivity contribution is -0.132. The summed E-state index contributed by atoms with van der Waals surface area (Å²) in [6.07, 6.45) is 2.19. The van der Waals surface area contributed by atoms with Crippen LogP contribution in [0.5, 0.6) is 11.5 Å². The van der Waals surface area contributed by atoms with Gasteiger partial charge in [0.05, 0.1) is 6.04 Å². The smallest absolute Gasteiger partial charge is 0.260 e. The van der Waals surface area contributed by atoms with Gasteiger partial charge in [-0.1, -0.05) is 0 Å². The van der Waals surface area contributed by atoms with E-state index in [1.165, 1.54) is 0 Å².